The lowest BCUT2D eigenvalue weighted by molar-refractivity contribution is -0.384. The number of aryl methyl sites for hydroxylation is 1. The van der Waals surface area contributed by atoms with E-state index in [1.54, 1.807) is 12.1 Å². The van der Waals surface area contributed by atoms with E-state index in [0.717, 1.165) is 11.1 Å². The van der Waals surface area contributed by atoms with Crippen LogP contribution >= 0.6 is 0 Å². The molecule has 5 rings (SSSR count). The minimum Gasteiger partial charge on any atom is -0.486 e. The van der Waals surface area contributed by atoms with E-state index < -0.39 is 10.8 Å². The number of furan rings is 1. The van der Waals surface area contributed by atoms with Crippen LogP contribution in [-0.4, -0.2) is 10.8 Å². The number of hydrogen-bond donors (Lipinski definition) is 1. The molecule has 1 N–H and O–H groups in total. The highest BCUT2D eigenvalue weighted by Crippen LogP contribution is 2.33. The predicted octanol–water partition coefficient (Wildman–Crippen LogP) is 8.45. The Labute approximate surface area is 243 Å². The zero-order chi connectivity index (χ0) is 29.7. The number of nitro benzene ring substituents is 1. The SMILES string of the molecule is Cc1cccc(Oc2cc(NC(=O)c3ccc(COc4ccc(C(C)(C)c5ccccc5)cc4)o3)cc([N+](=O)[O-])c2)c1. The molecule has 212 valence electrons. The van der Waals surface area contributed by atoms with Crippen molar-refractivity contribution in [2.24, 2.45) is 0 Å². The second-order valence-corrected chi connectivity index (χ2v) is 10.4. The van der Waals surface area contributed by atoms with Gasteiger partial charge in [-0.1, -0.05) is 68.4 Å². The quantitative estimate of drug-likeness (QED) is 0.135. The number of anilines is 1. The number of ether oxygens (including phenoxy) is 2. The van der Waals surface area contributed by atoms with Crippen LogP contribution in [0.15, 0.2) is 114 Å². The summed E-state index contributed by atoms with van der Waals surface area (Å²) in [4.78, 5) is 23.8. The summed E-state index contributed by atoms with van der Waals surface area (Å²) in [6.45, 7) is 6.40. The molecular formula is C34H30N2O6. The van der Waals surface area contributed by atoms with Gasteiger partial charge in [0.15, 0.2) is 5.76 Å². The molecule has 5 aromatic rings. The molecule has 4 aromatic carbocycles. The van der Waals surface area contributed by atoms with E-state index in [9.17, 15) is 14.9 Å². The molecule has 0 unspecified atom stereocenters. The lowest BCUT2D eigenvalue weighted by Crippen LogP contribution is -2.18. The molecule has 0 aliphatic rings. The number of rotatable bonds is 10. The van der Waals surface area contributed by atoms with Crippen LogP contribution in [0.25, 0.3) is 0 Å². The summed E-state index contributed by atoms with van der Waals surface area (Å²) >= 11 is 0. The van der Waals surface area contributed by atoms with Crippen molar-refractivity contribution >= 4 is 17.3 Å². The van der Waals surface area contributed by atoms with Crippen molar-refractivity contribution in [3.8, 4) is 17.2 Å². The first-order chi connectivity index (χ1) is 20.2. The standard InChI is InChI=1S/C34H30N2O6/c1-23-8-7-11-29(18-23)41-31-20-26(19-27(21-31)36(38)39)35-33(37)32-17-16-30(42-32)22-40-28-14-12-25(13-15-28)34(2,3)24-9-5-4-6-10-24/h4-21H,22H2,1-3H3,(H,35,37). The van der Waals surface area contributed by atoms with Crippen LogP contribution in [0.3, 0.4) is 0 Å². The predicted molar refractivity (Wildman–Crippen MR) is 160 cm³/mol. The van der Waals surface area contributed by atoms with Gasteiger partial charge in [-0.2, -0.15) is 0 Å². The van der Waals surface area contributed by atoms with Crippen molar-refractivity contribution in [1.29, 1.82) is 0 Å². The highest BCUT2D eigenvalue weighted by molar-refractivity contribution is 6.02. The summed E-state index contributed by atoms with van der Waals surface area (Å²) < 4.78 is 17.4. The largest absolute Gasteiger partial charge is 0.486 e. The van der Waals surface area contributed by atoms with E-state index in [2.05, 4.69) is 31.3 Å². The third-order valence-corrected chi connectivity index (χ3v) is 6.92. The topological polar surface area (TPSA) is 104 Å². The molecule has 1 heterocycles. The van der Waals surface area contributed by atoms with Crippen molar-refractivity contribution in [3.63, 3.8) is 0 Å². The van der Waals surface area contributed by atoms with Crippen LogP contribution in [-0.2, 0) is 12.0 Å². The lowest BCUT2D eigenvalue weighted by atomic mass is 9.78. The fourth-order valence-corrected chi connectivity index (χ4v) is 4.55. The van der Waals surface area contributed by atoms with Gasteiger partial charge in [-0.05, 0) is 60.0 Å². The highest BCUT2D eigenvalue weighted by atomic mass is 16.6. The second-order valence-electron chi connectivity index (χ2n) is 10.4. The van der Waals surface area contributed by atoms with Crippen LogP contribution in [0.1, 0.15) is 46.9 Å². The van der Waals surface area contributed by atoms with Crippen LogP contribution in [0, 0.1) is 17.0 Å². The van der Waals surface area contributed by atoms with Gasteiger partial charge in [0.05, 0.1) is 16.7 Å². The minimum atomic E-state index is -0.559. The fraction of sp³-hybridized carbons (Fsp3) is 0.147. The molecule has 0 fully saturated rings. The smallest absolute Gasteiger partial charge is 0.291 e. The number of nitrogens with one attached hydrogen (secondary N) is 1. The molecule has 0 saturated heterocycles. The monoisotopic (exact) mass is 562 g/mol. The summed E-state index contributed by atoms with van der Waals surface area (Å²) in [5, 5.41) is 14.2. The van der Waals surface area contributed by atoms with Crippen LogP contribution in [0.4, 0.5) is 11.4 Å². The average molecular weight is 563 g/mol. The summed E-state index contributed by atoms with van der Waals surface area (Å²) in [6.07, 6.45) is 0. The van der Waals surface area contributed by atoms with Gasteiger partial charge in [0.1, 0.15) is 29.6 Å². The lowest BCUT2D eigenvalue weighted by Gasteiger charge is -2.26. The molecule has 42 heavy (non-hydrogen) atoms. The molecule has 0 saturated carbocycles. The Morgan fingerprint density at radius 3 is 2.29 bits per heavy atom. The number of hydrogen-bond acceptors (Lipinski definition) is 6. The van der Waals surface area contributed by atoms with Gasteiger partial charge < -0.3 is 19.2 Å². The average Bonchev–Trinajstić information content (AvgIpc) is 3.46. The van der Waals surface area contributed by atoms with E-state index in [0.29, 0.717) is 17.3 Å². The zero-order valence-corrected chi connectivity index (χ0v) is 23.5. The third-order valence-electron chi connectivity index (χ3n) is 6.92. The molecule has 1 amide bonds. The van der Waals surface area contributed by atoms with E-state index in [1.165, 1.54) is 29.8 Å². The molecule has 1 aromatic heterocycles. The maximum atomic E-state index is 12.9. The number of nitrogens with zero attached hydrogens (tertiary/aromatic N) is 1. The molecule has 0 radical (unpaired) electrons. The Kier molecular flexibility index (Phi) is 8.06. The van der Waals surface area contributed by atoms with Crippen LogP contribution in [0.5, 0.6) is 17.2 Å². The van der Waals surface area contributed by atoms with Gasteiger partial charge >= 0.3 is 0 Å². The molecule has 0 bridgehead atoms. The van der Waals surface area contributed by atoms with Gasteiger partial charge in [-0.25, -0.2) is 0 Å². The van der Waals surface area contributed by atoms with Crippen LogP contribution in [0.2, 0.25) is 0 Å². The molecule has 8 nitrogen and oxygen atoms in total. The normalized spacial score (nSPS) is 11.1. The summed E-state index contributed by atoms with van der Waals surface area (Å²) in [6, 6.07) is 32.8. The minimum absolute atomic E-state index is 0.0428. The van der Waals surface area contributed by atoms with Crippen molar-refractivity contribution < 1.29 is 23.6 Å². The second kappa shape index (κ2) is 12.0. The molecule has 0 aliphatic carbocycles. The number of carbonyl (C=O) groups is 1. The summed E-state index contributed by atoms with van der Waals surface area (Å²) in [5.41, 5.74) is 3.18. The Hall–Kier alpha value is -5.37. The van der Waals surface area contributed by atoms with Crippen LogP contribution < -0.4 is 14.8 Å². The number of benzene rings is 4. The molecule has 0 spiro atoms. The number of nitro groups is 1. The Morgan fingerprint density at radius 1 is 0.833 bits per heavy atom. The van der Waals surface area contributed by atoms with E-state index in [-0.39, 0.29) is 34.9 Å². The first-order valence-corrected chi connectivity index (χ1v) is 13.4. The van der Waals surface area contributed by atoms with Crippen molar-refractivity contribution in [1.82, 2.24) is 0 Å². The maximum Gasteiger partial charge on any atom is 0.291 e. The van der Waals surface area contributed by atoms with E-state index in [4.69, 9.17) is 13.9 Å². The number of amides is 1. The van der Waals surface area contributed by atoms with Gasteiger partial charge in [0.2, 0.25) is 0 Å². The Morgan fingerprint density at radius 2 is 1.57 bits per heavy atom. The summed E-state index contributed by atoms with van der Waals surface area (Å²) in [7, 11) is 0. The third kappa shape index (κ3) is 6.67. The molecule has 0 atom stereocenters. The van der Waals surface area contributed by atoms with Gasteiger partial charge in [-0.3, -0.25) is 14.9 Å². The van der Waals surface area contributed by atoms with Gasteiger partial charge in [-0.15, -0.1) is 0 Å². The number of carbonyl (C=O) groups excluding carboxylic acids is 1. The molecule has 0 aliphatic heterocycles. The van der Waals surface area contributed by atoms with Gasteiger partial charge in [0.25, 0.3) is 11.6 Å². The van der Waals surface area contributed by atoms with Crippen molar-refractivity contribution in [3.05, 3.63) is 148 Å². The first-order valence-electron chi connectivity index (χ1n) is 13.4. The Balaban J connectivity index is 1.22. The Bertz CT molecular complexity index is 1710. The zero-order valence-electron chi connectivity index (χ0n) is 23.5. The highest BCUT2D eigenvalue weighted by Gasteiger charge is 2.23. The van der Waals surface area contributed by atoms with Crippen molar-refractivity contribution in [2.45, 2.75) is 32.8 Å². The van der Waals surface area contributed by atoms with E-state index >= 15 is 0 Å². The number of non-ortho nitro benzene ring substituents is 1. The fourth-order valence-electron chi connectivity index (χ4n) is 4.55. The van der Waals surface area contributed by atoms with Gasteiger partial charge in [0, 0.05) is 17.5 Å². The first kappa shape index (κ1) is 28.2. The van der Waals surface area contributed by atoms with E-state index in [1.807, 2.05) is 67.6 Å². The molecule has 8 heteroatoms. The maximum absolute atomic E-state index is 12.9. The van der Waals surface area contributed by atoms with Crippen molar-refractivity contribution in [2.75, 3.05) is 5.32 Å². The molecular weight excluding hydrogens is 532 g/mol. The summed E-state index contributed by atoms with van der Waals surface area (Å²) in [5.74, 6) is 1.35.